The lowest BCUT2D eigenvalue weighted by molar-refractivity contribution is -0.119. The Morgan fingerprint density at radius 2 is 2.10 bits per heavy atom. The van der Waals surface area contributed by atoms with E-state index in [1.165, 1.54) is 0 Å². The Kier molecular flexibility index (Phi) is 2.79. The average molecular weight is 266 g/mol. The zero-order chi connectivity index (χ0) is 14.2. The Bertz CT molecular complexity index is 692. The number of carbonyl (C=O) groups excluding carboxylic acids is 1. The molecule has 1 saturated carbocycles. The van der Waals surface area contributed by atoms with E-state index in [1.54, 1.807) is 10.7 Å². The van der Waals surface area contributed by atoms with Gasteiger partial charge in [0.2, 0.25) is 5.91 Å². The summed E-state index contributed by atoms with van der Waals surface area (Å²) in [6.07, 6.45) is 1.27. The van der Waals surface area contributed by atoms with Crippen molar-refractivity contribution in [2.45, 2.75) is 19.8 Å². The number of aryl methyl sites for hydroxylation is 1. The van der Waals surface area contributed by atoms with Gasteiger partial charge in [-0.1, -0.05) is 18.2 Å². The number of hydrogen-bond acceptors (Lipinski definition) is 3. The van der Waals surface area contributed by atoms with Gasteiger partial charge < -0.3 is 5.32 Å². The van der Waals surface area contributed by atoms with Crippen LogP contribution in [0, 0.1) is 23.7 Å². The molecule has 0 unspecified atom stereocenters. The van der Waals surface area contributed by atoms with E-state index in [9.17, 15) is 4.79 Å². The molecule has 1 heterocycles. The molecule has 0 bridgehead atoms. The molecular weight excluding hydrogens is 252 g/mol. The number of hydrogen-bond donors (Lipinski definition) is 1. The van der Waals surface area contributed by atoms with Crippen LogP contribution in [0.2, 0.25) is 0 Å². The maximum atomic E-state index is 12.1. The summed E-state index contributed by atoms with van der Waals surface area (Å²) in [7, 11) is 0. The number of benzene rings is 1. The summed E-state index contributed by atoms with van der Waals surface area (Å²) >= 11 is 0. The quantitative estimate of drug-likeness (QED) is 0.927. The smallest absolute Gasteiger partial charge is 0.246 e. The summed E-state index contributed by atoms with van der Waals surface area (Å²) in [5, 5.41) is 16.3. The molecular formula is C15H14N4O. The van der Waals surface area contributed by atoms with Crippen LogP contribution in [0.25, 0.3) is 5.69 Å². The molecule has 1 N–H and O–H groups in total. The molecule has 5 nitrogen and oxygen atoms in total. The SMILES string of the molecule is Cc1cc(NC(=O)C2(C#N)CC2)n(-c2ccccc2)n1. The van der Waals surface area contributed by atoms with E-state index in [-0.39, 0.29) is 5.91 Å². The maximum Gasteiger partial charge on any atom is 0.246 e. The summed E-state index contributed by atoms with van der Waals surface area (Å²) in [4.78, 5) is 12.1. The number of nitriles is 1. The Morgan fingerprint density at radius 3 is 2.70 bits per heavy atom. The predicted octanol–water partition coefficient (Wildman–Crippen LogP) is 2.42. The summed E-state index contributed by atoms with van der Waals surface area (Å²) in [5.74, 6) is 0.359. The molecule has 3 rings (SSSR count). The Labute approximate surface area is 116 Å². The molecule has 0 aliphatic heterocycles. The molecule has 5 heteroatoms. The second-order valence-electron chi connectivity index (χ2n) is 5.07. The van der Waals surface area contributed by atoms with Gasteiger partial charge in [-0.15, -0.1) is 0 Å². The number of carbonyl (C=O) groups is 1. The van der Waals surface area contributed by atoms with Crippen molar-refractivity contribution in [3.63, 3.8) is 0 Å². The molecule has 1 aromatic heterocycles. The van der Waals surface area contributed by atoms with E-state index in [1.807, 2.05) is 37.3 Å². The van der Waals surface area contributed by atoms with Gasteiger partial charge in [0.15, 0.2) is 0 Å². The molecule has 1 aliphatic carbocycles. The average Bonchev–Trinajstić information content (AvgIpc) is 3.19. The topological polar surface area (TPSA) is 70.7 Å². The monoisotopic (exact) mass is 266 g/mol. The minimum absolute atomic E-state index is 0.239. The first-order valence-electron chi connectivity index (χ1n) is 6.49. The van der Waals surface area contributed by atoms with Crippen LogP contribution in [0.3, 0.4) is 0 Å². The molecule has 1 amide bonds. The van der Waals surface area contributed by atoms with Gasteiger partial charge in [-0.25, -0.2) is 4.68 Å². The summed E-state index contributed by atoms with van der Waals surface area (Å²) in [5.41, 5.74) is 0.850. The fourth-order valence-corrected chi connectivity index (χ4v) is 2.11. The number of anilines is 1. The zero-order valence-electron chi connectivity index (χ0n) is 11.1. The molecule has 0 saturated heterocycles. The number of nitrogens with one attached hydrogen (secondary N) is 1. The highest BCUT2D eigenvalue weighted by Gasteiger charge is 2.50. The van der Waals surface area contributed by atoms with E-state index in [4.69, 9.17) is 5.26 Å². The third-order valence-electron chi connectivity index (χ3n) is 3.47. The lowest BCUT2D eigenvalue weighted by Crippen LogP contribution is -2.24. The van der Waals surface area contributed by atoms with Crippen molar-refractivity contribution < 1.29 is 4.79 Å². The second kappa shape index (κ2) is 4.49. The summed E-state index contributed by atoms with van der Waals surface area (Å²) in [6, 6.07) is 13.5. The number of nitrogens with zero attached hydrogens (tertiary/aromatic N) is 3. The second-order valence-corrected chi connectivity index (χ2v) is 5.07. The fraction of sp³-hybridized carbons (Fsp3) is 0.267. The molecule has 0 spiro atoms. The van der Waals surface area contributed by atoms with Gasteiger partial charge in [0.25, 0.3) is 0 Å². The molecule has 100 valence electrons. The largest absolute Gasteiger partial charge is 0.309 e. The highest BCUT2D eigenvalue weighted by atomic mass is 16.2. The maximum absolute atomic E-state index is 12.1. The third-order valence-corrected chi connectivity index (χ3v) is 3.47. The van der Waals surface area contributed by atoms with Crippen LogP contribution in [-0.4, -0.2) is 15.7 Å². The van der Waals surface area contributed by atoms with Crippen molar-refractivity contribution in [2.24, 2.45) is 5.41 Å². The van der Waals surface area contributed by atoms with Crippen molar-refractivity contribution in [1.29, 1.82) is 5.26 Å². The molecule has 1 aliphatic rings. The highest BCUT2D eigenvalue weighted by Crippen LogP contribution is 2.45. The molecule has 0 radical (unpaired) electrons. The first kappa shape index (κ1) is 12.4. The standard InChI is InChI=1S/C15H14N4O/c1-11-9-13(17-14(20)15(10-16)7-8-15)19(18-11)12-5-3-2-4-6-12/h2-6,9H,7-8H2,1H3,(H,17,20). The van der Waals surface area contributed by atoms with Crippen LogP contribution in [0.4, 0.5) is 5.82 Å². The van der Waals surface area contributed by atoms with Crippen LogP contribution in [0.1, 0.15) is 18.5 Å². The fourth-order valence-electron chi connectivity index (χ4n) is 2.11. The lowest BCUT2D eigenvalue weighted by atomic mass is 10.1. The molecule has 1 aromatic carbocycles. The van der Waals surface area contributed by atoms with Crippen LogP contribution in [0.15, 0.2) is 36.4 Å². The van der Waals surface area contributed by atoms with E-state index in [2.05, 4.69) is 16.5 Å². The van der Waals surface area contributed by atoms with Crippen molar-refractivity contribution in [2.75, 3.05) is 5.32 Å². The van der Waals surface area contributed by atoms with Gasteiger partial charge in [0, 0.05) is 6.07 Å². The van der Waals surface area contributed by atoms with E-state index in [0.717, 1.165) is 11.4 Å². The molecule has 0 atom stereocenters. The summed E-state index contributed by atoms with van der Waals surface area (Å²) in [6.45, 7) is 1.87. The van der Waals surface area contributed by atoms with Crippen LogP contribution >= 0.6 is 0 Å². The lowest BCUT2D eigenvalue weighted by Gasteiger charge is -2.10. The normalized spacial score (nSPS) is 15.4. The Balaban J connectivity index is 1.92. The number of rotatable bonds is 3. The molecule has 20 heavy (non-hydrogen) atoms. The van der Waals surface area contributed by atoms with Gasteiger partial charge in [-0.3, -0.25) is 4.79 Å². The Morgan fingerprint density at radius 1 is 1.40 bits per heavy atom. The number of aromatic nitrogens is 2. The molecule has 1 fully saturated rings. The molecule has 2 aromatic rings. The van der Waals surface area contributed by atoms with Gasteiger partial charge in [-0.05, 0) is 31.9 Å². The van der Waals surface area contributed by atoms with Gasteiger partial charge in [0.05, 0.1) is 17.5 Å². The Hall–Kier alpha value is -2.61. The van der Waals surface area contributed by atoms with Crippen molar-refractivity contribution in [3.8, 4) is 11.8 Å². The minimum Gasteiger partial charge on any atom is -0.309 e. The van der Waals surface area contributed by atoms with Gasteiger partial charge >= 0.3 is 0 Å². The minimum atomic E-state index is -0.834. The van der Waals surface area contributed by atoms with Crippen molar-refractivity contribution in [3.05, 3.63) is 42.1 Å². The predicted molar refractivity (Wildman–Crippen MR) is 74.2 cm³/mol. The van der Waals surface area contributed by atoms with Crippen LogP contribution in [0.5, 0.6) is 0 Å². The van der Waals surface area contributed by atoms with Gasteiger partial charge in [0.1, 0.15) is 11.2 Å². The zero-order valence-corrected chi connectivity index (χ0v) is 11.1. The highest BCUT2D eigenvalue weighted by molar-refractivity contribution is 5.98. The van der Waals surface area contributed by atoms with Crippen LogP contribution in [-0.2, 0) is 4.79 Å². The number of amides is 1. The van der Waals surface area contributed by atoms with Crippen molar-refractivity contribution >= 4 is 11.7 Å². The first-order valence-corrected chi connectivity index (χ1v) is 6.49. The van der Waals surface area contributed by atoms with Gasteiger partial charge in [-0.2, -0.15) is 10.4 Å². The van der Waals surface area contributed by atoms with E-state index < -0.39 is 5.41 Å². The van der Waals surface area contributed by atoms with Crippen LogP contribution < -0.4 is 5.32 Å². The summed E-state index contributed by atoms with van der Waals surface area (Å²) < 4.78 is 1.68. The number of para-hydroxylation sites is 1. The van der Waals surface area contributed by atoms with E-state index in [0.29, 0.717) is 18.7 Å². The van der Waals surface area contributed by atoms with E-state index >= 15 is 0 Å². The third kappa shape index (κ3) is 2.05. The first-order chi connectivity index (χ1) is 9.64. The van der Waals surface area contributed by atoms with Crippen molar-refractivity contribution in [1.82, 2.24) is 9.78 Å².